The molecular weight excluding hydrogens is 235 g/mol. The zero-order valence-corrected chi connectivity index (χ0v) is 10.1. The summed E-state index contributed by atoms with van der Waals surface area (Å²) in [5.74, 6) is -0.424. The maximum Gasteiger partial charge on any atom is 0.233 e. The highest BCUT2D eigenvalue weighted by Gasteiger charge is 2.13. The molecule has 5 heteroatoms. The maximum atomic E-state index is 13.2. The molecule has 0 unspecified atom stereocenters. The monoisotopic (exact) mass is 250 g/mol. The van der Waals surface area contributed by atoms with Gasteiger partial charge in [0.05, 0.1) is 18.5 Å². The largest absolute Gasteiger partial charge is 0.384 e. The molecule has 0 atom stereocenters. The van der Waals surface area contributed by atoms with E-state index < -0.39 is 0 Å². The molecule has 4 nitrogen and oxygen atoms in total. The van der Waals surface area contributed by atoms with Crippen LogP contribution in [0.15, 0.2) is 24.4 Å². The highest BCUT2D eigenvalue weighted by Crippen LogP contribution is 2.22. The van der Waals surface area contributed by atoms with Gasteiger partial charge < -0.3 is 10.5 Å². The topological polar surface area (TPSA) is 57.2 Å². The average Bonchev–Trinajstić information content (AvgIpc) is 2.73. The Morgan fingerprint density at radius 1 is 1.50 bits per heavy atom. The minimum Gasteiger partial charge on any atom is -0.384 e. The third-order valence-electron chi connectivity index (χ3n) is 2.86. The molecule has 0 aliphatic carbocycles. The fraction of sp³-hybridized carbons (Fsp3) is 0.308. The predicted molar refractivity (Wildman–Crippen MR) is 66.9 cm³/mol. The Balaban J connectivity index is 2.48. The molecule has 96 valence electrons. The molecule has 2 rings (SSSR count). The summed E-state index contributed by atoms with van der Waals surface area (Å²) in [5.41, 5.74) is 7.05. The van der Waals surface area contributed by atoms with Crippen molar-refractivity contribution in [2.45, 2.75) is 13.0 Å². The van der Waals surface area contributed by atoms with Gasteiger partial charge in [-0.1, -0.05) is 0 Å². The molecular formula is C13H15FN2O2. The molecule has 2 aromatic rings. The first-order chi connectivity index (χ1) is 8.67. The van der Waals surface area contributed by atoms with Crippen LogP contribution in [-0.4, -0.2) is 24.2 Å². The van der Waals surface area contributed by atoms with Crippen LogP contribution in [-0.2, 0) is 11.3 Å². The van der Waals surface area contributed by atoms with Crippen molar-refractivity contribution in [1.29, 1.82) is 0 Å². The Hall–Kier alpha value is -1.72. The van der Waals surface area contributed by atoms with E-state index in [4.69, 9.17) is 10.5 Å². The van der Waals surface area contributed by atoms with Crippen LogP contribution < -0.4 is 5.73 Å². The molecule has 0 aliphatic heterocycles. The number of methoxy groups -OCH3 is 1. The van der Waals surface area contributed by atoms with Gasteiger partial charge in [0.25, 0.3) is 0 Å². The molecule has 0 amide bonds. The van der Waals surface area contributed by atoms with Gasteiger partial charge in [-0.05, 0) is 23.8 Å². The predicted octanol–water partition coefficient (Wildman–Crippen LogP) is 1.92. The van der Waals surface area contributed by atoms with Crippen LogP contribution in [0.25, 0.3) is 10.9 Å². The third kappa shape index (κ3) is 2.27. The number of halogens is 1. The number of carbonyl (C=O) groups is 1. The summed E-state index contributed by atoms with van der Waals surface area (Å²) in [6, 6.07) is 4.33. The van der Waals surface area contributed by atoms with Crippen molar-refractivity contribution in [2.24, 2.45) is 5.73 Å². The second-order valence-electron chi connectivity index (χ2n) is 4.03. The number of fused-ring (bicyclic) bond motifs is 1. The van der Waals surface area contributed by atoms with Crippen molar-refractivity contribution in [1.82, 2.24) is 4.57 Å². The number of carbonyl (C=O) groups excluding carboxylic acids is 1. The lowest BCUT2D eigenvalue weighted by Crippen LogP contribution is -2.11. The number of nitrogens with two attached hydrogens (primary N) is 1. The van der Waals surface area contributed by atoms with Crippen LogP contribution in [0.3, 0.4) is 0 Å². The Kier molecular flexibility index (Phi) is 3.74. The fourth-order valence-corrected chi connectivity index (χ4v) is 1.95. The molecule has 0 saturated heterocycles. The first kappa shape index (κ1) is 12.7. The number of rotatable bonds is 4. The standard InChI is InChI=1S/C13H15FN2O2/c1-18-5-4-13(17)16-8-9(7-15)11-6-10(14)2-3-12(11)16/h2-3,6,8H,4-5,7,15H2,1H3. The lowest BCUT2D eigenvalue weighted by molar-refractivity contribution is 0.0856. The van der Waals surface area contributed by atoms with E-state index in [1.54, 1.807) is 19.4 Å². The smallest absolute Gasteiger partial charge is 0.233 e. The van der Waals surface area contributed by atoms with Crippen LogP contribution in [0.5, 0.6) is 0 Å². The van der Waals surface area contributed by atoms with Gasteiger partial charge in [-0.15, -0.1) is 0 Å². The van der Waals surface area contributed by atoms with Gasteiger partial charge in [0.15, 0.2) is 0 Å². The van der Waals surface area contributed by atoms with E-state index in [0.717, 1.165) is 5.56 Å². The zero-order valence-electron chi connectivity index (χ0n) is 10.1. The molecule has 1 aromatic heterocycles. The quantitative estimate of drug-likeness (QED) is 0.901. The fourth-order valence-electron chi connectivity index (χ4n) is 1.95. The molecule has 0 spiro atoms. The summed E-state index contributed by atoms with van der Waals surface area (Å²) in [4.78, 5) is 12.0. The summed E-state index contributed by atoms with van der Waals surface area (Å²) in [6.45, 7) is 0.627. The molecule has 18 heavy (non-hydrogen) atoms. The van der Waals surface area contributed by atoms with Gasteiger partial charge in [-0.2, -0.15) is 0 Å². The number of nitrogens with zero attached hydrogens (tertiary/aromatic N) is 1. The molecule has 0 saturated carbocycles. The van der Waals surface area contributed by atoms with E-state index >= 15 is 0 Å². The van der Waals surface area contributed by atoms with E-state index in [1.807, 2.05) is 0 Å². The van der Waals surface area contributed by atoms with Crippen molar-refractivity contribution in [3.8, 4) is 0 Å². The van der Waals surface area contributed by atoms with Crippen molar-refractivity contribution >= 4 is 16.8 Å². The number of hydrogen-bond acceptors (Lipinski definition) is 3. The van der Waals surface area contributed by atoms with E-state index in [1.165, 1.54) is 16.7 Å². The van der Waals surface area contributed by atoms with Crippen LogP contribution in [0.1, 0.15) is 16.8 Å². The Labute approximate surface area is 104 Å². The number of benzene rings is 1. The summed E-state index contributed by atoms with van der Waals surface area (Å²) in [6.07, 6.45) is 1.95. The molecule has 0 aliphatic rings. The Morgan fingerprint density at radius 2 is 2.28 bits per heavy atom. The highest BCUT2D eigenvalue weighted by molar-refractivity contribution is 5.94. The van der Waals surface area contributed by atoms with Crippen molar-refractivity contribution in [2.75, 3.05) is 13.7 Å². The lowest BCUT2D eigenvalue weighted by Gasteiger charge is -2.03. The molecule has 0 bridgehead atoms. The van der Waals surface area contributed by atoms with Crippen molar-refractivity contribution < 1.29 is 13.9 Å². The van der Waals surface area contributed by atoms with Gasteiger partial charge in [-0.25, -0.2) is 4.39 Å². The zero-order chi connectivity index (χ0) is 13.1. The number of aromatic nitrogens is 1. The van der Waals surface area contributed by atoms with Crippen LogP contribution in [0.4, 0.5) is 4.39 Å². The van der Waals surface area contributed by atoms with E-state index in [9.17, 15) is 9.18 Å². The summed E-state index contributed by atoms with van der Waals surface area (Å²) in [7, 11) is 1.54. The summed E-state index contributed by atoms with van der Waals surface area (Å²) in [5, 5.41) is 0.684. The molecule has 0 radical (unpaired) electrons. The van der Waals surface area contributed by atoms with E-state index in [2.05, 4.69) is 0 Å². The van der Waals surface area contributed by atoms with Crippen molar-refractivity contribution in [3.63, 3.8) is 0 Å². The first-order valence-corrected chi connectivity index (χ1v) is 5.69. The average molecular weight is 250 g/mol. The summed E-state index contributed by atoms with van der Waals surface area (Å²) >= 11 is 0. The second-order valence-corrected chi connectivity index (χ2v) is 4.03. The van der Waals surface area contributed by atoms with Crippen LogP contribution in [0, 0.1) is 5.82 Å². The second kappa shape index (κ2) is 5.29. The van der Waals surface area contributed by atoms with Crippen LogP contribution in [0.2, 0.25) is 0 Å². The number of hydrogen-bond donors (Lipinski definition) is 1. The van der Waals surface area contributed by atoms with E-state index in [-0.39, 0.29) is 24.7 Å². The summed E-state index contributed by atoms with van der Waals surface area (Å²) < 4.78 is 19.6. The maximum absolute atomic E-state index is 13.2. The van der Waals surface area contributed by atoms with Crippen LogP contribution >= 0.6 is 0 Å². The Bertz CT molecular complexity index is 578. The van der Waals surface area contributed by atoms with Gasteiger partial charge in [0.2, 0.25) is 5.91 Å². The minimum atomic E-state index is -0.334. The molecule has 2 N–H and O–H groups in total. The number of ether oxygens (including phenoxy) is 1. The van der Waals surface area contributed by atoms with Gasteiger partial charge >= 0.3 is 0 Å². The van der Waals surface area contributed by atoms with E-state index in [0.29, 0.717) is 17.5 Å². The van der Waals surface area contributed by atoms with Gasteiger partial charge in [-0.3, -0.25) is 9.36 Å². The van der Waals surface area contributed by atoms with Crippen molar-refractivity contribution in [3.05, 3.63) is 35.8 Å². The molecule has 1 aromatic carbocycles. The highest BCUT2D eigenvalue weighted by atomic mass is 19.1. The SMILES string of the molecule is COCCC(=O)n1cc(CN)c2cc(F)ccc21. The first-order valence-electron chi connectivity index (χ1n) is 5.69. The Morgan fingerprint density at radius 3 is 2.94 bits per heavy atom. The minimum absolute atomic E-state index is 0.0897. The third-order valence-corrected chi connectivity index (χ3v) is 2.86. The molecule has 0 fully saturated rings. The normalized spacial score (nSPS) is 11.1. The lowest BCUT2D eigenvalue weighted by atomic mass is 10.2. The van der Waals surface area contributed by atoms with Gasteiger partial charge in [0.1, 0.15) is 5.82 Å². The van der Waals surface area contributed by atoms with Gasteiger partial charge in [0, 0.05) is 25.2 Å². The molecule has 1 heterocycles.